The number of benzene rings is 1. The van der Waals surface area contributed by atoms with Gasteiger partial charge in [-0.1, -0.05) is 48.6 Å². The van der Waals surface area contributed by atoms with Crippen LogP contribution in [0.15, 0.2) is 30.3 Å². The van der Waals surface area contributed by atoms with Crippen LogP contribution in [0.25, 0.3) is 0 Å². The molecule has 0 aromatic heterocycles. The summed E-state index contributed by atoms with van der Waals surface area (Å²) < 4.78 is 6.14. The van der Waals surface area contributed by atoms with Gasteiger partial charge in [0.1, 0.15) is 0 Å². The Morgan fingerprint density at radius 3 is 2.47 bits per heavy atom. The van der Waals surface area contributed by atoms with Crippen molar-refractivity contribution in [2.45, 2.75) is 57.5 Å². The van der Waals surface area contributed by atoms with Gasteiger partial charge in [-0.25, -0.2) is 0 Å². The summed E-state index contributed by atoms with van der Waals surface area (Å²) in [6.45, 7) is 9.41. The summed E-state index contributed by atoms with van der Waals surface area (Å²) in [5.74, 6) is 0. The van der Waals surface area contributed by atoms with Gasteiger partial charge in [0.2, 0.25) is 0 Å². The fraction of sp³-hybridized carbons (Fsp3) is 0.600. The van der Waals surface area contributed by atoms with Gasteiger partial charge in [0.25, 0.3) is 0 Å². The first kappa shape index (κ1) is 12.8. The number of rotatable bonds is 3. The van der Waals surface area contributed by atoms with Crippen molar-refractivity contribution in [2.24, 2.45) is 0 Å². The molecule has 1 aliphatic rings. The molecule has 1 heterocycles. The van der Waals surface area contributed by atoms with Gasteiger partial charge >= 0.3 is 0 Å². The quantitative estimate of drug-likeness (QED) is 0.743. The summed E-state index contributed by atoms with van der Waals surface area (Å²) in [5, 5.41) is 1.55. The Kier molecular flexibility index (Phi) is 3.46. The minimum atomic E-state index is -1.37. The van der Waals surface area contributed by atoms with E-state index in [-0.39, 0.29) is 5.60 Å². The lowest BCUT2D eigenvalue weighted by molar-refractivity contribution is -0.00738. The van der Waals surface area contributed by atoms with Gasteiger partial charge in [0.05, 0.1) is 19.8 Å². The lowest BCUT2D eigenvalue weighted by Gasteiger charge is -2.33. The maximum atomic E-state index is 6.14. The van der Waals surface area contributed by atoms with Gasteiger partial charge in [-0.2, -0.15) is 0 Å². The van der Waals surface area contributed by atoms with E-state index in [4.69, 9.17) is 4.74 Å². The number of hydrogen-bond acceptors (Lipinski definition) is 1. The molecule has 0 spiro atoms. The molecular weight excluding hydrogens is 224 g/mol. The van der Waals surface area contributed by atoms with E-state index in [9.17, 15) is 0 Å². The average Bonchev–Trinajstić information content (AvgIpc) is 2.58. The van der Waals surface area contributed by atoms with Crippen molar-refractivity contribution in [2.75, 3.05) is 0 Å². The van der Waals surface area contributed by atoms with Crippen molar-refractivity contribution in [1.29, 1.82) is 0 Å². The van der Waals surface area contributed by atoms with Crippen LogP contribution in [0, 0.1) is 0 Å². The van der Waals surface area contributed by atoms with Gasteiger partial charge in [-0.05, 0) is 32.7 Å². The topological polar surface area (TPSA) is 9.23 Å². The molecule has 2 rings (SSSR count). The molecule has 1 saturated heterocycles. The van der Waals surface area contributed by atoms with E-state index in [1.54, 1.807) is 5.19 Å². The standard InChI is InChI=1S/C15H24OSi/c1-13-10-11-15(2,16-13)12-17(3,4)14-8-6-5-7-9-14/h5-9,13H,10-12H2,1-4H3/t13-,15-/m0/s1. The molecule has 0 unspecified atom stereocenters. The molecule has 2 heteroatoms. The highest BCUT2D eigenvalue weighted by atomic mass is 28.3. The average molecular weight is 248 g/mol. The molecule has 0 N–H and O–H groups in total. The van der Waals surface area contributed by atoms with Gasteiger partial charge < -0.3 is 4.74 Å². The summed E-state index contributed by atoms with van der Waals surface area (Å²) in [7, 11) is -1.37. The van der Waals surface area contributed by atoms with Gasteiger partial charge in [0.15, 0.2) is 0 Å². The van der Waals surface area contributed by atoms with Gasteiger partial charge in [-0.15, -0.1) is 0 Å². The third kappa shape index (κ3) is 2.99. The van der Waals surface area contributed by atoms with Crippen LogP contribution in [0.5, 0.6) is 0 Å². The first-order valence-electron chi connectivity index (χ1n) is 6.65. The normalized spacial score (nSPS) is 29.5. The molecular formula is C15H24OSi. The van der Waals surface area contributed by atoms with Crippen molar-refractivity contribution in [1.82, 2.24) is 0 Å². The molecule has 94 valence electrons. The second-order valence-electron chi connectivity index (χ2n) is 6.34. The summed E-state index contributed by atoms with van der Waals surface area (Å²) in [5.41, 5.74) is 0.116. The van der Waals surface area contributed by atoms with Crippen molar-refractivity contribution >= 4 is 13.3 Å². The zero-order valence-electron chi connectivity index (χ0n) is 11.5. The van der Waals surface area contributed by atoms with E-state index in [0.29, 0.717) is 6.10 Å². The summed E-state index contributed by atoms with van der Waals surface area (Å²) >= 11 is 0. The largest absolute Gasteiger partial charge is 0.373 e. The molecule has 1 fully saturated rings. The molecule has 17 heavy (non-hydrogen) atoms. The van der Waals surface area contributed by atoms with Gasteiger partial charge in [-0.3, -0.25) is 0 Å². The van der Waals surface area contributed by atoms with Crippen LogP contribution in [0.4, 0.5) is 0 Å². The molecule has 0 aliphatic carbocycles. The molecule has 0 radical (unpaired) electrons. The zero-order valence-corrected chi connectivity index (χ0v) is 12.5. The van der Waals surface area contributed by atoms with Crippen LogP contribution in [0.3, 0.4) is 0 Å². The zero-order chi connectivity index (χ0) is 12.5. The summed E-state index contributed by atoms with van der Waals surface area (Å²) in [6.07, 6.45) is 2.88. The Balaban J connectivity index is 2.12. The van der Waals surface area contributed by atoms with Crippen molar-refractivity contribution in [3.05, 3.63) is 30.3 Å². The van der Waals surface area contributed by atoms with Crippen LogP contribution in [0.1, 0.15) is 26.7 Å². The Morgan fingerprint density at radius 1 is 1.29 bits per heavy atom. The first-order valence-corrected chi connectivity index (χ1v) is 9.85. The molecule has 0 bridgehead atoms. The monoisotopic (exact) mass is 248 g/mol. The Hall–Kier alpha value is -0.603. The highest BCUT2D eigenvalue weighted by Gasteiger charge is 2.40. The third-order valence-corrected chi connectivity index (χ3v) is 7.46. The minimum Gasteiger partial charge on any atom is -0.373 e. The fourth-order valence-electron chi connectivity index (χ4n) is 3.17. The maximum Gasteiger partial charge on any atom is 0.0834 e. The molecule has 1 aliphatic heterocycles. The smallest absolute Gasteiger partial charge is 0.0834 e. The van der Waals surface area contributed by atoms with Crippen molar-refractivity contribution < 1.29 is 4.74 Å². The Bertz CT molecular complexity index is 374. The molecule has 0 amide bonds. The van der Waals surface area contributed by atoms with E-state index in [1.807, 2.05) is 0 Å². The van der Waals surface area contributed by atoms with E-state index < -0.39 is 8.07 Å². The molecule has 0 saturated carbocycles. The lowest BCUT2D eigenvalue weighted by Crippen LogP contribution is -2.47. The third-order valence-electron chi connectivity index (χ3n) is 3.94. The SMILES string of the molecule is C[C@H]1CC[C@@](C)(C[Si](C)(C)c2ccccc2)O1. The molecule has 1 aromatic carbocycles. The van der Waals surface area contributed by atoms with E-state index in [1.165, 1.54) is 18.9 Å². The number of ether oxygens (including phenoxy) is 1. The lowest BCUT2D eigenvalue weighted by atomic mass is 10.1. The fourth-order valence-corrected chi connectivity index (χ4v) is 6.60. The molecule has 1 aromatic rings. The maximum absolute atomic E-state index is 6.14. The predicted molar refractivity (Wildman–Crippen MR) is 76.6 cm³/mol. The van der Waals surface area contributed by atoms with Gasteiger partial charge in [0, 0.05) is 0 Å². The highest BCUT2D eigenvalue weighted by molar-refractivity contribution is 6.90. The van der Waals surface area contributed by atoms with Crippen molar-refractivity contribution in [3.63, 3.8) is 0 Å². The second-order valence-corrected chi connectivity index (χ2v) is 11.0. The Labute approximate surface area is 106 Å². The summed E-state index contributed by atoms with van der Waals surface area (Å²) in [4.78, 5) is 0. The first-order chi connectivity index (χ1) is 7.91. The summed E-state index contributed by atoms with van der Waals surface area (Å²) in [6, 6.07) is 12.2. The predicted octanol–water partition coefficient (Wildman–Crippen LogP) is 3.56. The van der Waals surface area contributed by atoms with Crippen LogP contribution in [-0.2, 0) is 4.74 Å². The van der Waals surface area contributed by atoms with Crippen LogP contribution in [0.2, 0.25) is 19.1 Å². The van der Waals surface area contributed by atoms with E-state index >= 15 is 0 Å². The molecule has 1 nitrogen and oxygen atoms in total. The highest BCUT2D eigenvalue weighted by Crippen LogP contribution is 2.36. The van der Waals surface area contributed by atoms with Crippen molar-refractivity contribution in [3.8, 4) is 0 Å². The van der Waals surface area contributed by atoms with Crippen LogP contribution >= 0.6 is 0 Å². The molecule has 2 atom stereocenters. The number of hydrogen-bond donors (Lipinski definition) is 0. The van der Waals surface area contributed by atoms with E-state index in [2.05, 4.69) is 57.3 Å². The second kappa shape index (κ2) is 4.58. The Morgan fingerprint density at radius 2 is 1.94 bits per heavy atom. The van der Waals surface area contributed by atoms with Crippen LogP contribution in [-0.4, -0.2) is 19.8 Å². The van der Waals surface area contributed by atoms with E-state index in [0.717, 1.165) is 0 Å². The van der Waals surface area contributed by atoms with Crippen LogP contribution < -0.4 is 5.19 Å². The minimum absolute atomic E-state index is 0.116.